The number of hydrogen-bond donors (Lipinski definition) is 2. The number of carbonyl (C=O) groups is 1. The molecule has 1 aromatic carbocycles. The lowest BCUT2D eigenvalue weighted by molar-refractivity contribution is 0.0526. The van der Waals surface area contributed by atoms with Gasteiger partial charge in [0.05, 0.1) is 17.1 Å². The Bertz CT molecular complexity index is 595. The summed E-state index contributed by atoms with van der Waals surface area (Å²) in [5.41, 5.74) is 5.56. The summed E-state index contributed by atoms with van der Waals surface area (Å²) in [5.74, 6) is -0.572. The van der Waals surface area contributed by atoms with E-state index in [1.807, 2.05) is 0 Å². The molecule has 120 valence electrons. The average molecular weight is 402 g/mol. The maximum Gasteiger partial charge on any atom is 0.338 e. The van der Waals surface area contributed by atoms with Crippen LogP contribution in [-0.2, 0) is 14.8 Å². The van der Waals surface area contributed by atoms with E-state index in [1.54, 1.807) is 13.8 Å². The van der Waals surface area contributed by atoms with Crippen molar-refractivity contribution in [2.24, 2.45) is 5.73 Å². The Morgan fingerprint density at radius 1 is 1.43 bits per heavy atom. The topological polar surface area (TPSA) is 98.5 Å². The summed E-state index contributed by atoms with van der Waals surface area (Å²) in [6.07, 6.45) is 0. The quantitative estimate of drug-likeness (QED) is 0.707. The minimum Gasteiger partial charge on any atom is -0.462 e. The summed E-state index contributed by atoms with van der Waals surface area (Å²) in [5, 5.41) is 0. The molecule has 9 heteroatoms. The Balaban J connectivity index is 0.00000400. The van der Waals surface area contributed by atoms with Crippen LogP contribution in [0.3, 0.4) is 0 Å². The number of benzene rings is 1. The number of nitrogens with one attached hydrogen (secondary N) is 1. The minimum atomic E-state index is -3.73. The van der Waals surface area contributed by atoms with Gasteiger partial charge in [-0.1, -0.05) is 15.9 Å². The molecule has 0 heterocycles. The molecule has 1 atom stereocenters. The van der Waals surface area contributed by atoms with Crippen molar-refractivity contribution in [3.8, 4) is 0 Å². The Morgan fingerprint density at radius 2 is 2.05 bits per heavy atom. The number of nitrogens with two attached hydrogens (primary N) is 1. The highest BCUT2D eigenvalue weighted by atomic mass is 79.9. The van der Waals surface area contributed by atoms with Crippen LogP contribution in [0.5, 0.6) is 0 Å². The van der Waals surface area contributed by atoms with Crippen LogP contribution in [0.4, 0.5) is 0 Å². The molecule has 0 aliphatic rings. The van der Waals surface area contributed by atoms with Gasteiger partial charge in [0, 0.05) is 17.1 Å². The van der Waals surface area contributed by atoms with E-state index in [-0.39, 0.29) is 36.0 Å². The zero-order chi connectivity index (χ0) is 15.3. The highest BCUT2D eigenvalue weighted by Gasteiger charge is 2.19. The third kappa shape index (κ3) is 5.91. The summed E-state index contributed by atoms with van der Waals surface area (Å²) in [6.45, 7) is 3.73. The van der Waals surface area contributed by atoms with Crippen molar-refractivity contribution < 1.29 is 17.9 Å². The summed E-state index contributed by atoms with van der Waals surface area (Å²) < 4.78 is 32.0. The van der Waals surface area contributed by atoms with Crippen LogP contribution < -0.4 is 10.5 Å². The number of sulfonamides is 1. The molecule has 0 saturated carbocycles. The molecule has 0 spiro atoms. The van der Waals surface area contributed by atoms with Gasteiger partial charge in [0.15, 0.2) is 0 Å². The first-order valence-electron chi connectivity index (χ1n) is 6.00. The lowest BCUT2D eigenvalue weighted by Crippen LogP contribution is -2.37. The Kier molecular flexibility index (Phi) is 8.42. The standard InChI is InChI=1S/C12H17BrN2O4S.ClH/c1-3-19-12(16)9-4-10(13)6-11(5-9)20(17,18)15-8(2)7-14;/h4-6,8,15H,3,7,14H2,1-2H3;1H/t8-;/m0./s1. The zero-order valence-electron chi connectivity index (χ0n) is 11.6. The molecular formula is C12H18BrClN2O4S. The molecule has 1 rings (SSSR count). The SMILES string of the molecule is CCOC(=O)c1cc(Br)cc(S(=O)(=O)N[C@@H](C)CN)c1.Cl. The molecule has 3 N–H and O–H groups in total. The van der Waals surface area contributed by atoms with E-state index < -0.39 is 22.0 Å². The molecule has 0 aromatic heterocycles. The van der Waals surface area contributed by atoms with Crippen molar-refractivity contribution in [2.75, 3.05) is 13.2 Å². The van der Waals surface area contributed by atoms with Gasteiger partial charge >= 0.3 is 5.97 Å². The van der Waals surface area contributed by atoms with Crippen LogP contribution in [0.25, 0.3) is 0 Å². The van der Waals surface area contributed by atoms with Crippen LogP contribution in [0, 0.1) is 0 Å². The predicted molar refractivity (Wildman–Crippen MR) is 86.2 cm³/mol. The van der Waals surface area contributed by atoms with E-state index in [0.29, 0.717) is 4.47 Å². The second-order valence-electron chi connectivity index (χ2n) is 4.15. The van der Waals surface area contributed by atoms with Gasteiger partial charge < -0.3 is 10.5 Å². The number of esters is 1. The third-order valence-electron chi connectivity index (χ3n) is 2.40. The Labute approximate surface area is 139 Å². The van der Waals surface area contributed by atoms with Gasteiger partial charge in [-0.3, -0.25) is 0 Å². The molecular weight excluding hydrogens is 384 g/mol. The molecule has 0 unspecified atom stereocenters. The Hall–Kier alpha value is -0.670. The highest BCUT2D eigenvalue weighted by Crippen LogP contribution is 2.20. The lowest BCUT2D eigenvalue weighted by atomic mass is 10.2. The van der Waals surface area contributed by atoms with Crippen LogP contribution in [0.1, 0.15) is 24.2 Å². The largest absolute Gasteiger partial charge is 0.462 e. The predicted octanol–water partition coefficient (Wildman–Crippen LogP) is 1.67. The fourth-order valence-electron chi connectivity index (χ4n) is 1.43. The zero-order valence-corrected chi connectivity index (χ0v) is 14.8. The number of halogens is 2. The molecule has 0 aliphatic carbocycles. The van der Waals surface area contributed by atoms with Crippen molar-refractivity contribution >= 4 is 44.3 Å². The first-order valence-corrected chi connectivity index (χ1v) is 8.28. The van der Waals surface area contributed by atoms with E-state index in [4.69, 9.17) is 10.5 Å². The summed E-state index contributed by atoms with van der Waals surface area (Å²) in [4.78, 5) is 11.7. The van der Waals surface area contributed by atoms with Gasteiger partial charge in [-0.05, 0) is 32.0 Å². The van der Waals surface area contributed by atoms with Gasteiger partial charge in [0.2, 0.25) is 10.0 Å². The molecule has 21 heavy (non-hydrogen) atoms. The van der Waals surface area contributed by atoms with Gasteiger partial charge in [0.1, 0.15) is 0 Å². The number of ether oxygens (including phenoxy) is 1. The van der Waals surface area contributed by atoms with E-state index in [0.717, 1.165) is 0 Å². The number of hydrogen-bond acceptors (Lipinski definition) is 5. The first kappa shape index (κ1) is 20.3. The average Bonchev–Trinajstić information content (AvgIpc) is 2.37. The van der Waals surface area contributed by atoms with Crippen molar-refractivity contribution in [3.05, 3.63) is 28.2 Å². The van der Waals surface area contributed by atoms with Gasteiger partial charge in [0.25, 0.3) is 0 Å². The third-order valence-corrected chi connectivity index (χ3v) is 4.43. The van der Waals surface area contributed by atoms with Crippen LogP contribution in [0.2, 0.25) is 0 Å². The van der Waals surface area contributed by atoms with E-state index in [2.05, 4.69) is 20.7 Å². The Morgan fingerprint density at radius 3 is 2.57 bits per heavy atom. The van der Waals surface area contributed by atoms with Gasteiger partial charge in [-0.15, -0.1) is 12.4 Å². The van der Waals surface area contributed by atoms with E-state index in [1.165, 1.54) is 18.2 Å². The first-order chi connectivity index (χ1) is 9.30. The monoisotopic (exact) mass is 400 g/mol. The fourth-order valence-corrected chi connectivity index (χ4v) is 3.40. The summed E-state index contributed by atoms with van der Waals surface area (Å²) >= 11 is 3.18. The minimum absolute atomic E-state index is 0. The lowest BCUT2D eigenvalue weighted by Gasteiger charge is -2.13. The molecule has 0 amide bonds. The van der Waals surface area contributed by atoms with Crippen LogP contribution in [0.15, 0.2) is 27.6 Å². The molecule has 0 bridgehead atoms. The molecule has 0 aliphatic heterocycles. The second kappa shape index (κ2) is 8.70. The van der Waals surface area contributed by atoms with Crippen molar-refractivity contribution in [1.29, 1.82) is 0 Å². The number of carbonyl (C=O) groups excluding carboxylic acids is 1. The van der Waals surface area contributed by atoms with Crippen LogP contribution in [-0.4, -0.2) is 33.6 Å². The van der Waals surface area contributed by atoms with Crippen LogP contribution >= 0.6 is 28.3 Å². The van der Waals surface area contributed by atoms with Gasteiger partial charge in [-0.2, -0.15) is 0 Å². The van der Waals surface area contributed by atoms with Gasteiger partial charge in [-0.25, -0.2) is 17.9 Å². The maximum atomic E-state index is 12.1. The smallest absolute Gasteiger partial charge is 0.338 e. The second-order valence-corrected chi connectivity index (χ2v) is 6.78. The normalized spacial score (nSPS) is 12.4. The number of rotatable bonds is 6. The molecule has 1 aromatic rings. The molecule has 0 saturated heterocycles. The van der Waals surface area contributed by atoms with E-state index >= 15 is 0 Å². The van der Waals surface area contributed by atoms with Crippen molar-refractivity contribution in [1.82, 2.24) is 4.72 Å². The summed E-state index contributed by atoms with van der Waals surface area (Å²) in [6, 6.07) is 3.79. The van der Waals surface area contributed by atoms with Crippen molar-refractivity contribution in [3.63, 3.8) is 0 Å². The highest BCUT2D eigenvalue weighted by molar-refractivity contribution is 9.10. The molecule has 0 radical (unpaired) electrons. The summed E-state index contributed by atoms with van der Waals surface area (Å²) in [7, 11) is -3.73. The molecule has 6 nitrogen and oxygen atoms in total. The van der Waals surface area contributed by atoms with E-state index in [9.17, 15) is 13.2 Å². The van der Waals surface area contributed by atoms with Crippen molar-refractivity contribution in [2.45, 2.75) is 24.8 Å². The maximum absolute atomic E-state index is 12.1. The fraction of sp³-hybridized carbons (Fsp3) is 0.417. The molecule has 0 fully saturated rings.